The topological polar surface area (TPSA) is 47.6 Å². The van der Waals surface area contributed by atoms with Crippen molar-refractivity contribution in [2.24, 2.45) is 0 Å². The molecule has 0 aromatic carbocycles. The first-order valence-electron chi connectivity index (χ1n) is 6.51. The minimum atomic E-state index is -0.404. The predicted molar refractivity (Wildman–Crippen MR) is 66.9 cm³/mol. The molecule has 1 aliphatic carbocycles. The highest BCUT2D eigenvalue weighted by Gasteiger charge is 2.16. The lowest BCUT2D eigenvalue weighted by atomic mass is 10.2. The molecule has 1 rings (SSSR count). The third kappa shape index (κ3) is 7.34. The summed E-state index contributed by atoms with van der Waals surface area (Å²) in [5, 5.41) is 3.03. The average molecular weight is 243 g/mol. The second kappa shape index (κ2) is 6.97. The van der Waals surface area contributed by atoms with Crippen LogP contribution >= 0.6 is 0 Å². The van der Waals surface area contributed by atoms with Crippen LogP contribution < -0.4 is 5.32 Å². The summed E-state index contributed by atoms with van der Waals surface area (Å²) in [7, 11) is 0. The summed E-state index contributed by atoms with van der Waals surface area (Å²) in [6.07, 6.45) is 5.39. The van der Waals surface area contributed by atoms with Crippen LogP contribution in [0.15, 0.2) is 0 Å². The van der Waals surface area contributed by atoms with Crippen molar-refractivity contribution >= 4 is 5.97 Å². The summed E-state index contributed by atoms with van der Waals surface area (Å²) in [5.41, 5.74) is -0.404. The van der Waals surface area contributed by atoms with E-state index in [0.29, 0.717) is 19.3 Å². The maximum Gasteiger partial charge on any atom is 0.320 e. The van der Waals surface area contributed by atoms with E-state index in [1.165, 1.54) is 25.7 Å². The van der Waals surface area contributed by atoms with Crippen LogP contribution in [0.25, 0.3) is 0 Å². The van der Waals surface area contributed by atoms with Gasteiger partial charge in [-0.1, -0.05) is 12.8 Å². The van der Waals surface area contributed by atoms with Gasteiger partial charge in [0.15, 0.2) is 0 Å². The van der Waals surface area contributed by atoms with E-state index in [1.54, 1.807) is 0 Å². The van der Waals surface area contributed by atoms with Gasteiger partial charge in [0.1, 0.15) is 5.60 Å². The molecule has 0 heterocycles. The zero-order valence-electron chi connectivity index (χ0n) is 11.3. The van der Waals surface area contributed by atoms with E-state index < -0.39 is 5.60 Å². The molecule has 0 atom stereocenters. The molecule has 0 aromatic rings. The molecule has 0 radical (unpaired) electrons. The Morgan fingerprint density at radius 2 is 1.94 bits per heavy atom. The summed E-state index contributed by atoms with van der Waals surface area (Å²) in [5.74, 6) is -0.210. The maximum absolute atomic E-state index is 11.4. The summed E-state index contributed by atoms with van der Waals surface area (Å²) in [4.78, 5) is 11.4. The smallest absolute Gasteiger partial charge is 0.320 e. The second-order valence-electron chi connectivity index (χ2n) is 5.54. The Morgan fingerprint density at radius 3 is 2.53 bits per heavy atom. The number of esters is 1. The van der Waals surface area contributed by atoms with Crippen molar-refractivity contribution < 1.29 is 14.3 Å². The number of hydrogen-bond acceptors (Lipinski definition) is 4. The number of rotatable bonds is 6. The van der Waals surface area contributed by atoms with Crippen LogP contribution in [0.1, 0.15) is 46.5 Å². The highest BCUT2D eigenvalue weighted by atomic mass is 16.6. The molecule has 0 amide bonds. The van der Waals surface area contributed by atoms with Crippen LogP contribution in [0, 0.1) is 0 Å². The first-order valence-corrected chi connectivity index (χ1v) is 6.51. The van der Waals surface area contributed by atoms with Crippen molar-refractivity contribution in [3.8, 4) is 0 Å². The van der Waals surface area contributed by atoms with Crippen LogP contribution in [0.5, 0.6) is 0 Å². The normalized spacial score (nSPS) is 17.4. The molecule has 1 fully saturated rings. The third-order valence-electron chi connectivity index (χ3n) is 2.62. The number of hydrogen-bond donors (Lipinski definition) is 1. The van der Waals surface area contributed by atoms with Gasteiger partial charge in [0.05, 0.1) is 19.3 Å². The van der Waals surface area contributed by atoms with E-state index >= 15 is 0 Å². The molecular formula is C13H25NO3. The van der Waals surface area contributed by atoms with Gasteiger partial charge in [-0.05, 0) is 33.6 Å². The highest BCUT2D eigenvalue weighted by Crippen LogP contribution is 2.20. The highest BCUT2D eigenvalue weighted by molar-refractivity contribution is 5.72. The van der Waals surface area contributed by atoms with E-state index in [2.05, 4.69) is 5.32 Å². The standard InChI is InChI=1S/C13H25NO3/c1-13(2,3)17-12(15)10-14-8-9-16-11-6-4-5-7-11/h11,14H,4-10H2,1-3H3. The minimum Gasteiger partial charge on any atom is -0.459 e. The number of ether oxygens (including phenoxy) is 2. The van der Waals surface area contributed by atoms with Crippen LogP contribution in [-0.2, 0) is 14.3 Å². The second-order valence-corrected chi connectivity index (χ2v) is 5.54. The fourth-order valence-corrected chi connectivity index (χ4v) is 1.92. The van der Waals surface area contributed by atoms with Gasteiger partial charge in [-0.25, -0.2) is 0 Å². The lowest BCUT2D eigenvalue weighted by Crippen LogP contribution is -2.33. The first-order chi connectivity index (χ1) is 7.97. The predicted octanol–water partition coefficient (Wildman–Crippen LogP) is 1.88. The summed E-state index contributed by atoms with van der Waals surface area (Å²) in [6.45, 7) is 7.24. The largest absolute Gasteiger partial charge is 0.459 e. The van der Waals surface area contributed by atoms with Gasteiger partial charge >= 0.3 is 5.97 Å². The van der Waals surface area contributed by atoms with E-state index in [0.717, 1.165) is 0 Å². The van der Waals surface area contributed by atoms with Gasteiger partial charge in [0, 0.05) is 6.54 Å². The zero-order chi connectivity index (χ0) is 12.7. The molecule has 0 spiro atoms. The van der Waals surface area contributed by atoms with E-state index in [4.69, 9.17) is 9.47 Å². The van der Waals surface area contributed by atoms with Crippen LogP contribution in [0.4, 0.5) is 0 Å². The first kappa shape index (κ1) is 14.5. The fourth-order valence-electron chi connectivity index (χ4n) is 1.92. The Kier molecular flexibility index (Phi) is 5.92. The Hall–Kier alpha value is -0.610. The summed E-state index contributed by atoms with van der Waals surface area (Å²) in [6, 6.07) is 0. The molecule has 1 aliphatic rings. The van der Waals surface area contributed by atoms with Crippen molar-refractivity contribution in [2.45, 2.75) is 58.2 Å². The molecule has 0 unspecified atom stereocenters. The Labute approximate surface area is 104 Å². The van der Waals surface area contributed by atoms with Gasteiger partial charge in [0.2, 0.25) is 0 Å². The van der Waals surface area contributed by atoms with Gasteiger partial charge in [-0.15, -0.1) is 0 Å². The molecule has 4 heteroatoms. The third-order valence-corrected chi connectivity index (χ3v) is 2.62. The van der Waals surface area contributed by atoms with Crippen molar-refractivity contribution in [1.82, 2.24) is 5.32 Å². The molecule has 4 nitrogen and oxygen atoms in total. The number of carbonyl (C=O) groups excluding carboxylic acids is 1. The van der Waals surface area contributed by atoms with Crippen molar-refractivity contribution in [3.63, 3.8) is 0 Å². The summed E-state index contributed by atoms with van der Waals surface area (Å²) < 4.78 is 10.8. The molecule has 0 bridgehead atoms. The molecule has 0 aromatic heterocycles. The van der Waals surface area contributed by atoms with E-state index in [1.807, 2.05) is 20.8 Å². The molecule has 1 saturated carbocycles. The lowest BCUT2D eigenvalue weighted by molar-refractivity contribution is -0.153. The van der Waals surface area contributed by atoms with Crippen molar-refractivity contribution in [2.75, 3.05) is 19.7 Å². The molecule has 0 saturated heterocycles. The number of nitrogens with one attached hydrogen (secondary N) is 1. The van der Waals surface area contributed by atoms with E-state index in [9.17, 15) is 4.79 Å². The van der Waals surface area contributed by atoms with Crippen molar-refractivity contribution in [1.29, 1.82) is 0 Å². The molecule has 0 aliphatic heterocycles. The van der Waals surface area contributed by atoms with Gasteiger partial charge in [0.25, 0.3) is 0 Å². The summed E-state index contributed by atoms with van der Waals surface area (Å²) >= 11 is 0. The van der Waals surface area contributed by atoms with Crippen molar-refractivity contribution in [3.05, 3.63) is 0 Å². The lowest BCUT2D eigenvalue weighted by Gasteiger charge is -2.19. The van der Waals surface area contributed by atoms with Gasteiger partial charge in [-0.2, -0.15) is 0 Å². The SMILES string of the molecule is CC(C)(C)OC(=O)CNCCOC1CCCC1. The Balaban J connectivity index is 1.94. The molecule has 1 N–H and O–H groups in total. The van der Waals surface area contributed by atoms with Crippen LogP contribution in [0.2, 0.25) is 0 Å². The molecule has 100 valence electrons. The minimum absolute atomic E-state index is 0.210. The van der Waals surface area contributed by atoms with E-state index in [-0.39, 0.29) is 12.5 Å². The monoisotopic (exact) mass is 243 g/mol. The van der Waals surface area contributed by atoms with Gasteiger partial charge in [-0.3, -0.25) is 4.79 Å². The molecular weight excluding hydrogens is 218 g/mol. The zero-order valence-corrected chi connectivity index (χ0v) is 11.3. The molecule has 17 heavy (non-hydrogen) atoms. The number of carbonyl (C=O) groups is 1. The Morgan fingerprint density at radius 1 is 1.29 bits per heavy atom. The Bertz CT molecular complexity index is 229. The fraction of sp³-hybridized carbons (Fsp3) is 0.923. The maximum atomic E-state index is 11.4. The van der Waals surface area contributed by atoms with Crippen LogP contribution in [0.3, 0.4) is 0 Å². The van der Waals surface area contributed by atoms with Gasteiger partial charge < -0.3 is 14.8 Å². The quantitative estimate of drug-likeness (QED) is 0.571. The average Bonchev–Trinajstić information content (AvgIpc) is 2.67. The van der Waals surface area contributed by atoms with Crippen LogP contribution in [-0.4, -0.2) is 37.4 Å².